The van der Waals surface area contributed by atoms with Crippen molar-refractivity contribution in [3.05, 3.63) is 22.1 Å². The number of nitro groups is 1. The van der Waals surface area contributed by atoms with E-state index in [-0.39, 0.29) is 18.2 Å². The van der Waals surface area contributed by atoms with Gasteiger partial charge in [-0.15, -0.1) is 12.4 Å². The molecule has 1 heterocycles. The summed E-state index contributed by atoms with van der Waals surface area (Å²) in [7, 11) is 0. The summed E-state index contributed by atoms with van der Waals surface area (Å²) in [5.74, 6) is 0.495. The number of nitrogens with one attached hydrogen (secondary N) is 1. The average Bonchev–Trinajstić information content (AvgIpc) is 2.14. The number of aromatic nitrogens is 2. The fourth-order valence-electron chi connectivity index (χ4n) is 0.501. The summed E-state index contributed by atoms with van der Waals surface area (Å²) < 4.78 is 0. The van der Waals surface area contributed by atoms with E-state index >= 15 is 0 Å². The van der Waals surface area contributed by atoms with Crippen LogP contribution in [0.3, 0.4) is 0 Å². The van der Waals surface area contributed by atoms with Gasteiger partial charge in [0, 0.05) is 6.92 Å². The first-order valence-electron chi connectivity index (χ1n) is 2.36. The number of hydrogen-bond donors (Lipinski definition) is 1. The molecule has 0 fully saturated rings. The minimum Gasteiger partial charge on any atom is -0.358 e. The highest BCUT2D eigenvalue weighted by Crippen LogP contribution is 2.03. The van der Waals surface area contributed by atoms with E-state index in [1.807, 2.05) is 0 Å². The van der Waals surface area contributed by atoms with Crippen LogP contribution in [0.15, 0.2) is 6.20 Å². The van der Waals surface area contributed by atoms with Crippen molar-refractivity contribution in [1.29, 1.82) is 0 Å². The summed E-state index contributed by atoms with van der Waals surface area (Å²) in [6.45, 7) is 1.66. The Kier molecular flexibility index (Phi) is 2.82. The highest BCUT2D eigenvalue weighted by atomic mass is 35.5. The average molecular weight is 164 g/mol. The summed E-state index contributed by atoms with van der Waals surface area (Å²) in [5, 5.41) is 9.95. The molecule has 0 atom stereocenters. The van der Waals surface area contributed by atoms with Crippen molar-refractivity contribution in [2.75, 3.05) is 0 Å². The molecule has 0 aliphatic heterocycles. The minimum atomic E-state index is -0.514. The van der Waals surface area contributed by atoms with Crippen LogP contribution >= 0.6 is 12.4 Å². The van der Waals surface area contributed by atoms with Crippen LogP contribution in [-0.2, 0) is 0 Å². The molecule has 10 heavy (non-hydrogen) atoms. The van der Waals surface area contributed by atoms with Crippen LogP contribution in [0, 0.1) is 17.0 Å². The first-order chi connectivity index (χ1) is 4.20. The SMILES string of the molecule is Cc1ncc([N+](=O)[O-])[nH]1.Cl. The van der Waals surface area contributed by atoms with Gasteiger partial charge in [-0.05, 0) is 4.92 Å². The third-order valence-electron chi connectivity index (χ3n) is 0.886. The molecule has 0 saturated heterocycles. The zero-order chi connectivity index (χ0) is 6.85. The van der Waals surface area contributed by atoms with Crippen LogP contribution in [0.5, 0.6) is 0 Å². The quantitative estimate of drug-likeness (QED) is 0.497. The maximum absolute atomic E-state index is 9.95. The second-order valence-corrected chi connectivity index (χ2v) is 1.61. The fourth-order valence-corrected chi connectivity index (χ4v) is 0.501. The molecule has 0 saturated carbocycles. The molecule has 0 amide bonds. The second-order valence-electron chi connectivity index (χ2n) is 1.61. The maximum Gasteiger partial charge on any atom is 0.340 e. The first-order valence-corrected chi connectivity index (χ1v) is 2.36. The molecule has 56 valence electrons. The van der Waals surface area contributed by atoms with Crippen molar-refractivity contribution in [2.45, 2.75) is 6.92 Å². The third-order valence-corrected chi connectivity index (χ3v) is 0.886. The molecular formula is C4H6ClN3O2. The lowest BCUT2D eigenvalue weighted by Crippen LogP contribution is -1.86. The highest BCUT2D eigenvalue weighted by molar-refractivity contribution is 5.85. The predicted octanol–water partition coefficient (Wildman–Crippen LogP) is 1.05. The monoisotopic (exact) mass is 163 g/mol. The molecule has 6 heteroatoms. The van der Waals surface area contributed by atoms with E-state index in [0.717, 1.165) is 0 Å². The molecule has 0 spiro atoms. The lowest BCUT2D eigenvalue weighted by molar-refractivity contribution is -0.389. The van der Waals surface area contributed by atoms with Gasteiger partial charge in [0.1, 0.15) is 6.20 Å². The number of nitrogens with zero attached hydrogens (tertiary/aromatic N) is 2. The number of imidazole rings is 1. The number of rotatable bonds is 1. The van der Waals surface area contributed by atoms with Crippen LogP contribution in [0.2, 0.25) is 0 Å². The smallest absolute Gasteiger partial charge is 0.340 e. The Labute approximate surface area is 63.0 Å². The van der Waals surface area contributed by atoms with E-state index < -0.39 is 4.92 Å². The molecule has 1 rings (SSSR count). The maximum atomic E-state index is 9.95. The summed E-state index contributed by atoms with van der Waals surface area (Å²) in [5.41, 5.74) is 0. The molecule has 0 aliphatic carbocycles. The predicted molar refractivity (Wildman–Crippen MR) is 37.2 cm³/mol. The van der Waals surface area contributed by atoms with Gasteiger partial charge in [0.15, 0.2) is 5.82 Å². The Hall–Kier alpha value is -1.10. The molecule has 1 N–H and O–H groups in total. The van der Waals surface area contributed by atoms with Crippen molar-refractivity contribution in [3.8, 4) is 0 Å². The van der Waals surface area contributed by atoms with Gasteiger partial charge in [0.2, 0.25) is 0 Å². The van der Waals surface area contributed by atoms with E-state index in [0.29, 0.717) is 5.82 Å². The van der Waals surface area contributed by atoms with Gasteiger partial charge >= 0.3 is 5.82 Å². The highest BCUT2D eigenvalue weighted by Gasteiger charge is 2.04. The molecule has 0 unspecified atom stereocenters. The largest absolute Gasteiger partial charge is 0.358 e. The van der Waals surface area contributed by atoms with Gasteiger partial charge in [-0.25, -0.2) is 9.97 Å². The van der Waals surface area contributed by atoms with E-state index in [4.69, 9.17) is 0 Å². The number of hydrogen-bond acceptors (Lipinski definition) is 3. The molecule has 1 aromatic rings. The normalized spacial score (nSPS) is 8.50. The van der Waals surface area contributed by atoms with Crippen molar-refractivity contribution in [2.24, 2.45) is 0 Å². The van der Waals surface area contributed by atoms with E-state index in [9.17, 15) is 10.1 Å². The molecule has 0 aliphatic rings. The number of H-pyrrole nitrogens is 1. The number of aryl methyl sites for hydroxylation is 1. The number of aromatic amines is 1. The summed E-state index contributed by atoms with van der Waals surface area (Å²) >= 11 is 0. The summed E-state index contributed by atoms with van der Waals surface area (Å²) in [6.07, 6.45) is 1.19. The lowest BCUT2D eigenvalue weighted by Gasteiger charge is -1.83. The van der Waals surface area contributed by atoms with Crippen molar-refractivity contribution in [1.82, 2.24) is 9.97 Å². The van der Waals surface area contributed by atoms with Gasteiger partial charge in [-0.1, -0.05) is 0 Å². The molecule has 5 nitrogen and oxygen atoms in total. The van der Waals surface area contributed by atoms with Crippen molar-refractivity contribution < 1.29 is 4.92 Å². The Balaban J connectivity index is 0.000000810. The van der Waals surface area contributed by atoms with Crippen LogP contribution < -0.4 is 0 Å². The van der Waals surface area contributed by atoms with Gasteiger partial charge in [-0.3, -0.25) is 0 Å². The second kappa shape index (κ2) is 3.17. The summed E-state index contributed by atoms with van der Waals surface area (Å²) in [4.78, 5) is 15.5. The zero-order valence-electron chi connectivity index (χ0n) is 5.20. The topological polar surface area (TPSA) is 71.8 Å². The van der Waals surface area contributed by atoms with Crippen LogP contribution in [-0.4, -0.2) is 14.9 Å². The lowest BCUT2D eigenvalue weighted by atomic mass is 10.7. The Bertz CT molecular complexity index is 234. The Morgan fingerprint density at radius 2 is 2.40 bits per heavy atom. The Morgan fingerprint density at radius 1 is 1.80 bits per heavy atom. The van der Waals surface area contributed by atoms with Crippen LogP contribution in [0.1, 0.15) is 5.82 Å². The van der Waals surface area contributed by atoms with Gasteiger partial charge in [-0.2, -0.15) is 0 Å². The third kappa shape index (κ3) is 1.70. The van der Waals surface area contributed by atoms with Crippen LogP contribution in [0.25, 0.3) is 0 Å². The summed E-state index contributed by atoms with van der Waals surface area (Å²) in [6, 6.07) is 0. The zero-order valence-corrected chi connectivity index (χ0v) is 6.01. The van der Waals surface area contributed by atoms with E-state index in [1.165, 1.54) is 6.20 Å². The minimum absolute atomic E-state index is 0. The molecule has 0 bridgehead atoms. The first kappa shape index (κ1) is 8.90. The molecular weight excluding hydrogens is 158 g/mol. The van der Waals surface area contributed by atoms with Crippen LogP contribution in [0.4, 0.5) is 5.82 Å². The molecule has 0 radical (unpaired) electrons. The standard InChI is InChI=1S/C4H5N3O2.ClH/c1-3-5-2-4(6-3)7(8)9;/h2H,1H3,(H,5,6);1H. The van der Waals surface area contributed by atoms with Crippen molar-refractivity contribution in [3.63, 3.8) is 0 Å². The molecule has 1 aromatic heterocycles. The van der Waals surface area contributed by atoms with Gasteiger partial charge < -0.3 is 10.1 Å². The molecule has 0 aromatic carbocycles. The van der Waals surface area contributed by atoms with E-state index in [2.05, 4.69) is 9.97 Å². The number of halogens is 1. The van der Waals surface area contributed by atoms with E-state index in [1.54, 1.807) is 6.92 Å². The van der Waals surface area contributed by atoms with Gasteiger partial charge in [0.25, 0.3) is 0 Å². The fraction of sp³-hybridized carbons (Fsp3) is 0.250. The van der Waals surface area contributed by atoms with Crippen molar-refractivity contribution >= 4 is 18.2 Å². The Morgan fingerprint density at radius 3 is 2.60 bits per heavy atom. The van der Waals surface area contributed by atoms with Gasteiger partial charge in [0.05, 0.1) is 0 Å².